The second-order valence-electron chi connectivity index (χ2n) is 18.5. The van der Waals surface area contributed by atoms with Crippen LogP contribution < -0.4 is 0 Å². The molecule has 0 unspecified atom stereocenters. The van der Waals surface area contributed by atoms with E-state index in [2.05, 4.69) is 243 Å². The summed E-state index contributed by atoms with van der Waals surface area (Å²) in [6.07, 6.45) is 0. The van der Waals surface area contributed by atoms with Crippen molar-refractivity contribution < 1.29 is 0 Å². The molecule has 0 aromatic heterocycles. The average molecular weight is 845 g/mol. The molecule has 0 saturated heterocycles. The SMILES string of the molecule is c1ccc(-c2ccccc2-c2c3ccccc3c(-c3ccc4c5c(c6ccccc6c4c3)-c3c(c4ccccc4c4ccccc34)C53c4ccccc4-c4ccccc43)c3ccccc23)cc1. The molecule has 15 rings (SSSR count). The van der Waals surface area contributed by atoms with E-state index in [1.807, 2.05) is 0 Å². The first-order valence-corrected chi connectivity index (χ1v) is 23.5. The van der Waals surface area contributed by atoms with Gasteiger partial charge in [-0.25, -0.2) is 0 Å². The maximum Gasteiger partial charge on any atom is 0.0738 e. The van der Waals surface area contributed by atoms with Gasteiger partial charge in [0.05, 0.1) is 5.41 Å². The van der Waals surface area contributed by atoms with Crippen molar-refractivity contribution in [2.24, 2.45) is 0 Å². The quantitative estimate of drug-likeness (QED) is 0.123. The molecule has 0 aliphatic heterocycles. The molecular formula is C67H40. The van der Waals surface area contributed by atoms with Crippen LogP contribution in [0.5, 0.6) is 0 Å². The van der Waals surface area contributed by atoms with Crippen LogP contribution in [0.2, 0.25) is 0 Å². The molecule has 308 valence electrons. The van der Waals surface area contributed by atoms with Crippen molar-refractivity contribution in [3.8, 4) is 55.6 Å². The Morgan fingerprint density at radius 1 is 0.194 bits per heavy atom. The van der Waals surface area contributed by atoms with Crippen LogP contribution in [0.4, 0.5) is 0 Å². The number of rotatable bonds is 3. The minimum Gasteiger partial charge on any atom is -0.0622 e. The van der Waals surface area contributed by atoms with Gasteiger partial charge in [-0.05, 0) is 149 Å². The van der Waals surface area contributed by atoms with Gasteiger partial charge in [0, 0.05) is 0 Å². The van der Waals surface area contributed by atoms with Gasteiger partial charge in [-0.2, -0.15) is 0 Å². The van der Waals surface area contributed by atoms with Gasteiger partial charge >= 0.3 is 0 Å². The highest BCUT2D eigenvalue weighted by Crippen LogP contribution is 2.68. The molecule has 0 fully saturated rings. The van der Waals surface area contributed by atoms with Gasteiger partial charge in [0.1, 0.15) is 0 Å². The highest BCUT2D eigenvalue weighted by atomic mass is 14.5. The number of hydrogen-bond acceptors (Lipinski definition) is 0. The van der Waals surface area contributed by atoms with Crippen molar-refractivity contribution in [2.45, 2.75) is 5.41 Å². The van der Waals surface area contributed by atoms with E-state index in [0.29, 0.717) is 0 Å². The minimum atomic E-state index is -0.557. The molecule has 67 heavy (non-hydrogen) atoms. The molecule has 2 aliphatic carbocycles. The molecule has 13 aromatic carbocycles. The van der Waals surface area contributed by atoms with Crippen LogP contribution in [0.3, 0.4) is 0 Å². The maximum atomic E-state index is 2.53. The van der Waals surface area contributed by atoms with Gasteiger partial charge in [-0.1, -0.05) is 237 Å². The number of benzene rings is 13. The highest BCUT2D eigenvalue weighted by molar-refractivity contribution is 6.29. The van der Waals surface area contributed by atoms with Crippen LogP contribution in [0.15, 0.2) is 243 Å². The number of fused-ring (bicyclic) bond motifs is 22. The zero-order chi connectivity index (χ0) is 43.8. The summed E-state index contributed by atoms with van der Waals surface area (Å²) in [7, 11) is 0. The summed E-state index contributed by atoms with van der Waals surface area (Å²) in [5.41, 5.74) is 17.8. The normalized spacial score (nSPS) is 13.2. The van der Waals surface area contributed by atoms with Gasteiger partial charge in [0.25, 0.3) is 0 Å². The van der Waals surface area contributed by atoms with E-state index in [4.69, 9.17) is 0 Å². The Hall–Kier alpha value is -8.58. The Bertz CT molecular complexity index is 4160. The first-order chi connectivity index (χ1) is 33.3. The first-order valence-electron chi connectivity index (χ1n) is 23.5. The third kappa shape index (κ3) is 4.76. The Morgan fingerprint density at radius 2 is 0.552 bits per heavy atom. The molecule has 0 radical (unpaired) electrons. The van der Waals surface area contributed by atoms with Crippen LogP contribution in [0.25, 0.3) is 120 Å². The Labute approximate surface area is 388 Å². The minimum absolute atomic E-state index is 0.557. The Morgan fingerprint density at radius 3 is 1.09 bits per heavy atom. The third-order valence-electron chi connectivity index (χ3n) is 15.4. The fourth-order valence-electron chi connectivity index (χ4n) is 13.0. The second-order valence-corrected chi connectivity index (χ2v) is 18.5. The largest absolute Gasteiger partial charge is 0.0738 e. The van der Waals surface area contributed by atoms with Gasteiger partial charge < -0.3 is 0 Å². The predicted octanol–water partition coefficient (Wildman–Crippen LogP) is 18.0. The lowest BCUT2D eigenvalue weighted by Crippen LogP contribution is -2.26. The summed E-state index contributed by atoms with van der Waals surface area (Å²) in [6.45, 7) is 0. The van der Waals surface area contributed by atoms with E-state index in [1.54, 1.807) is 0 Å². The van der Waals surface area contributed by atoms with E-state index in [0.717, 1.165) is 0 Å². The van der Waals surface area contributed by atoms with Gasteiger partial charge in [0.2, 0.25) is 0 Å². The molecular weight excluding hydrogens is 805 g/mol. The predicted molar refractivity (Wildman–Crippen MR) is 284 cm³/mol. The van der Waals surface area contributed by atoms with Crippen molar-refractivity contribution in [2.75, 3.05) is 0 Å². The van der Waals surface area contributed by atoms with E-state index in [9.17, 15) is 0 Å². The third-order valence-corrected chi connectivity index (χ3v) is 15.4. The van der Waals surface area contributed by atoms with Gasteiger partial charge in [-0.3, -0.25) is 0 Å². The lowest BCUT2D eigenvalue weighted by atomic mass is 9.67. The lowest BCUT2D eigenvalue weighted by Gasteiger charge is -2.33. The molecule has 0 heteroatoms. The monoisotopic (exact) mass is 844 g/mol. The Kier molecular flexibility index (Phi) is 7.52. The summed E-state index contributed by atoms with van der Waals surface area (Å²) < 4.78 is 0. The van der Waals surface area contributed by atoms with Crippen LogP contribution in [0.1, 0.15) is 22.3 Å². The van der Waals surface area contributed by atoms with Crippen molar-refractivity contribution in [1.29, 1.82) is 0 Å². The Balaban J connectivity index is 1.10. The summed E-state index contributed by atoms with van der Waals surface area (Å²) in [5, 5.41) is 15.4. The van der Waals surface area contributed by atoms with Crippen molar-refractivity contribution in [3.05, 3.63) is 265 Å². The van der Waals surface area contributed by atoms with Crippen molar-refractivity contribution in [1.82, 2.24) is 0 Å². The first kappa shape index (κ1) is 36.7. The smallest absolute Gasteiger partial charge is 0.0622 e. The molecule has 0 bridgehead atoms. The summed E-state index contributed by atoms with van der Waals surface area (Å²) >= 11 is 0. The van der Waals surface area contributed by atoms with E-state index >= 15 is 0 Å². The second kappa shape index (κ2) is 13.7. The zero-order valence-electron chi connectivity index (χ0n) is 36.6. The average Bonchev–Trinajstić information content (AvgIpc) is 3.89. The van der Waals surface area contributed by atoms with Crippen LogP contribution in [0, 0.1) is 0 Å². The summed E-state index contributed by atoms with van der Waals surface area (Å²) in [6, 6.07) is 91.4. The molecule has 2 aliphatic rings. The van der Waals surface area contributed by atoms with Crippen molar-refractivity contribution >= 4 is 64.6 Å². The van der Waals surface area contributed by atoms with Crippen LogP contribution in [-0.2, 0) is 5.41 Å². The van der Waals surface area contributed by atoms with E-state index < -0.39 is 5.41 Å². The summed E-state index contributed by atoms with van der Waals surface area (Å²) in [4.78, 5) is 0. The summed E-state index contributed by atoms with van der Waals surface area (Å²) in [5.74, 6) is 0. The highest BCUT2D eigenvalue weighted by Gasteiger charge is 2.54. The molecule has 0 atom stereocenters. The molecule has 0 heterocycles. The fourth-order valence-corrected chi connectivity index (χ4v) is 13.0. The fraction of sp³-hybridized carbons (Fsp3) is 0.0149. The topological polar surface area (TPSA) is 0 Å². The van der Waals surface area contributed by atoms with E-state index in [-0.39, 0.29) is 0 Å². The molecule has 13 aromatic rings. The van der Waals surface area contributed by atoms with E-state index in [1.165, 1.54) is 143 Å². The zero-order valence-corrected chi connectivity index (χ0v) is 36.6. The van der Waals surface area contributed by atoms with Crippen molar-refractivity contribution in [3.63, 3.8) is 0 Å². The maximum absolute atomic E-state index is 2.53. The standard InChI is InChI=1S/C67H40/c1-2-20-41(21-3-1)43-22-4-8-28-49(43)62-54-33-13-11-31-52(54)61(53-32-12-14-34-55(53)62)42-38-39-57-58(40-42)46-25-6-10-30-51(46)64-63-50-29-9-5-23-44(50)45-24-7-15-35-56(45)65(63)67(66(57)64)59-36-18-16-26-47(59)48-27-17-19-37-60(48)67/h1-40H. The molecule has 0 amide bonds. The molecule has 1 spiro atoms. The molecule has 0 N–H and O–H groups in total. The van der Waals surface area contributed by atoms with Crippen LogP contribution in [-0.4, -0.2) is 0 Å². The lowest BCUT2D eigenvalue weighted by molar-refractivity contribution is 0.810. The van der Waals surface area contributed by atoms with Gasteiger partial charge in [-0.15, -0.1) is 0 Å². The van der Waals surface area contributed by atoms with Crippen LogP contribution >= 0.6 is 0 Å². The number of hydrogen-bond donors (Lipinski definition) is 0. The van der Waals surface area contributed by atoms with Gasteiger partial charge in [0.15, 0.2) is 0 Å². The molecule has 0 nitrogen and oxygen atoms in total. The molecule has 0 saturated carbocycles.